The molecule has 1 aromatic carbocycles. The van der Waals surface area contributed by atoms with Gasteiger partial charge in [-0.1, -0.05) is 27.6 Å². The van der Waals surface area contributed by atoms with Crippen LogP contribution in [0, 0.1) is 6.92 Å². The van der Waals surface area contributed by atoms with E-state index in [-0.39, 0.29) is 11.4 Å². The average Bonchev–Trinajstić information content (AvgIpc) is 3.09. The fourth-order valence-electron chi connectivity index (χ4n) is 1.75. The molecule has 0 radical (unpaired) electrons. The number of nitrogens with one attached hydrogen (secondary N) is 1. The van der Waals surface area contributed by atoms with E-state index in [0.29, 0.717) is 11.3 Å². The first-order chi connectivity index (χ1) is 8.10. The van der Waals surface area contributed by atoms with Crippen molar-refractivity contribution < 1.29 is 9.53 Å². The summed E-state index contributed by atoms with van der Waals surface area (Å²) in [6.07, 6.45) is 2.08. The predicted octanol–water partition coefficient (Wildman–Crippen LogP) is 2.66. The third-order valence-electron chi connectivity index (χ3n) is 3.09. The van der Waals surface area contributed by atoms with Crippen LogP contribution in [-0.4, -0.2) is 23.9 Å². The Hall–Kier alpha value is -1.03. The molecule has 0 saturated heterocycles. The van der Waals surface area contributed by atoms with Gasteiger partial charge >= 0.3 is 0 Å². The van der Waals surface area contributed by atoms with Crippen molar-refractivity contribution in [1.29, 1.82) is 0 Å². The topological polar surface area (TPSA) is 38.3 Å². The van der Waals surface area contributed by atoms with Crippen molar-refractivity contribution in [2.45, 2.75) is 25.3 Å². The van der Waals surface area contributed by atoms with Crippen molar-refractivity contribution in [2.24, 2.45) is 0 Å². The number of alkyl halides is 1. The van der Waals surface area contributed by atoms with Gasteiger partial charge in [-0.05, 0) is 31.9 Å². The van der Waals surface area contributed by atoms with Crippen molar-refractivity contribution in [1.82, 2.24) is 5.32 Å². The van der Waals surface area contributed by atoms with E-state index in [4.69, 9.17) is 4.74 Å². The van der Waals surface area contributed by atoms with E-state index in [1.165, 1.54) is 0 Å². The summed E-state index contributed by atoms with van der Waals surface area (Å²) in [6, 6.07) is 5.63. The van der Waals surface area contributed by atoms with Crippen molar-refractivity contribution in [2.75, 3.05) is 12.4 Å². The summed E-state index contributed by atoms with van der Waals surface area (Å²) < 4.78 is 5.22. The minimum atomic E-state index is -0.0532. The van der Waals surface area contributed by atoms with Crippen LogP contribution in [0.15, 0.2) is 18.2 Å². The summed E-state index contributed by atoms with van der Waals surface area (Å²) in [5.74, 6) is 0.570. The van der Waals surface area contributed by atoms with Crippen molar-refractivity contribution in [3.05, 3.63) is 29.3 Å². The van der Waals surface area contributed by atoms with E-state index in [9.17, 15) is 4.79 Å². The molecule has 1 saturated carbocycles. The van der Waals surface area contributed by atoms with Crippen molar-refractivity contribution in [3.8, 4) is 5.75 Å². The highest BCUT2D eigenvalue weighted by Crippen LogP contribution is 2.37. The Bertz CT molecular complexity index is 441. The molecule has 0 spiro atoms. The van der Waals surface area contributed by atoms with Crippen molar-refractivity contribution >= 4 is 21.8 Å². The first kappa shape index (κ1) is 12.4. The van der Waals surface area contributed by atoms with Crippen LogP contribution in [0.25, 0.3) is 0 Å². The number of methoxy groups -OCH3 is 1. The van der Waals surface area contributed by atoms with Gasteiger partial charge in [0.05, 0.1) is 18.2 Å². The second-order valence-corrected chi connectivity index (χ2v) is 5.13. The lowest BCUT2D eigenvalue weighted by molar-refractivity contribution is 0.0933. The number of hydrogen-bond donors (Lipinski definition) is 1. The summed E-state index contributed by atoms with van der Waals surface area (Å²) in [4.78, 5) is 12.2. The van der Waals surface area contributed by atoms with Gasteiger partial charge in [0.1, 0.15) is 5.75 Å². The second-order valence-electron chi connectivity index (χ2n) is 4.57. The molecule has 1 aromatic rings. The number of carbonyl (C=O) groups is 1. The lowest BCUT2D eigenvalue weighted by atomic mass is 10.1. The Balaban J connectivity index is 2.21. The SMILES string of the molecule is COc1ccc(C)cc1C(=O)NC1(CBr)CC1. The molecule has 1 amide bonds. The zero-order valence-electron chi connectivity index (χ0n) is 10.0. The van der Waals surface area contributed by atoms with Gasteiger partial charge in [-0.15, -0.1) is 0 Å². The Labute approximate surface area is 110 Å². The van der Waals surface area contributed by atoms with E-state index < -0.39 is 0 Å². The molecule has 0 aromatic heterocycles. The van der Waals surface area contributed by atoms with Gasteiger partial charge in [0.25, 0.3) is 5.91 Å². The van der Waals surface area contributed by atoms with Gasteiger partial charge in [-0.25, -0.2) is 0 Å². The lowest BCUT2D eigenvalue weighted by Crippen LogP contribution is -2.38. The molecule has 3 nitrogen and oxygen atoms in total. The number of benzene rings is 1. The molecule has 0 unspecified atom stereocenters. The smallest absolute Gasteiger partial charge is 0.255 e. The number of amides is 1. The highest BCUT2D eigenvalue weighted by Gasteiger charge is 2.43. The monoisotopic (exact) mass is 297 g/mol. The van der Waals surface area contributed by atoms with Crippen LogP contribution in [0.1, 0.15) is 28.8 Å². The molecule has 2 rings (SSSR count). The Kier molecular flexibility index (Phi) is 3.43. The van der Waals surface area contributed by atoms with Crippen LogP contribution in [-0.2, 0) is 0 Å². The van der Waals surface area contributed by atoms with E-state index in [1.54, 1.807) is 7.11 Å². The Morgan fingerprint density at radius 2 is 2.24 bits per heavy atom. The zero-order chi connectivity index (χ0) is 12.5. The fraction of sp³-hybridized carbons (Fsp3) is 0.462. The molecule has 1 fully saturated rings. The summed E-state index contributed by atoms with van der Waals surface area (Å²) in [5, 5.41) is 3.87. The van der Waals surface area contributed by atoms with Crippen LogP contribution in [0.4, 0.5) is 0 Å². The molecule has 92 valence electrons. The normalized spacial score (nSPS) is 16.4. The van der Waals surface area contributed by atoms with Gasteiger partial charge in [-0.3, -0.25) is 4.79 Å². The highest BCUT2D eigenvalue weighted by molar-refractivity contribution is 9.09. The maximum Gasteiger partial charge on any atom is 0.255 e. The molecular formula is C13H16BrNO2. The van der Waals surface area contributed by atoms with Gasteiger partial charge in [0.2, 0.25) is 0 Å². The summed E-state index contributed by atoms with van der Waals surface area (Å²) in [6.45, 7) is 1.97. The molecule has 1 N–H and O–H groups in total. The summed E-state index contributed by atoms with van der Waals surface area (Å²) in [5.41, 5.74) is 1.63. The van der Waals surface area contributed by atoms with Crippen LogP contribution < -0.4 is 10.1 Å². The van der Waals surface area contributed by atoms with Gasteiger partial charge in [0, 0.05) is 5.33 Å². The van der Waals surface area contributed by atoms with Crippen LogP contribution >= 0.6 is 15.9 Å². The van der Waals surface area contributed by atoms with E-state index >= 15 is 0 Å². The number of aryl methyl sites for hydroxylation is 1. The molecular weight excluding hydrogens is 282 g/mol. The molecule has 17 heavy (non-hydrogen) atoms. The minimum Gasteiger partial charge on any atom is -0.496 e. The first-order valence-electron chi connectivity index (χ1n) is 5.63. The molecule has 1 aliphatic carbocycles. The van der Waals surface area contributed by atoms with Gasteiger partial charge < -0.3 is 10.1 Å². The maximum atomic E-state index is 12.2. The number of carbonyl (C=O) groups excluding carboxylic acids is 1. The standard InChI is InChI=1S/C13H16BrNO2/c1-9-3-4-11(17-2)10(7-9)12(16)15-13(8-14)5-6-13/h3-4,7H,5-6,8H2,1-2H3,(H,15,16). The van der Waals surface area contributed by atoms with E-state index in [0.717, 1.165) is 23.7 Å². The third-order valence-corrected chi connectivity index (χ3v) is 4.16. The number of hydrogen-bond acceptors (Lipinski definition) is 2. The zero-order valence-corrected chi connectivity index (χ0v) is 11.6. The lowest BCUT2D eigenvalue weighted by Gasteiger charge is -2.16. The quantitative estimate of drug-likeness (QED) is 0.868. The third kappa shape index (κ3) is 2.63. The minimum absolute atomic E-state index is 0.0359. The molecule has 0 atom stereocenters. The predicted molar refractivity (Wildman–Crippen MR) is 71.0 cm³/mol. The Morgan fingerprint density at radius 3 is 2.76 bits per heavy atom. The van der Waals surface area contributed by atoms with Gasteiger partial charge in [-0.2, -0.15) is 0 Å². The van der Waals surface area contributed by atoms with E-state index in [1.807, 2.05) is 25.1 Å². The van der Waals surface area contributed by atoms with Crippen LogP contribution in [0.2, 0.25) is 0 Å². The second kappa shape index (κ2) is 4.69. The maximum absolute atomic E-state index is 12.2. The van der Waals surface area contributed by atoms with Crippen molar-refractivity contribution in [3.63, 3.8) is 0 Å². The number of rotatable bonds is 4. The molecule has 0 heterocycles. The first-order valence-corrected chi connectivity index (χ1v) is 6.75. The highest BCUT2D eigenvalue weighted by atomic mass is 79.9. The summed E-state index contributed by atoms with van der Waals surface area (Å²) >= 11 is 3.44. The largest absolute Gasteiger partial charge is 0.496 e. The average molecular weight is 298 g/mol. The molecule has 1 aliphatic rings. The number of ether oxygens (including phenoxy) is 1. The Morgan fingerprint density at radius 1 is 1.53 bits per heavy atom. The van der Waals surface area contributed by atoms with Crippen LogP contribution in [0.5, 0.6) is 5.75 Å². The molecule has 0 bridgehead atoms. The van der Waals surface area contributed by atoms with Gasteiger partial charge in [0.15, 0.2) is 0 Å². The van der Waals surface area contributed by atoms with E-state index in [2.05, 4.69) is 21.2 Å². The summed E-state index contributed by atoms with van der Waals surface area (Å²) in [7, 11) is 1.58. The fourth-order valence-corrected chi connectivity index (χ4v) is 2.45. The molecule has 0 aliphatic heterocycles. The number of halogens is 1. The van der Waals surface area contributed by atoms with Crippen LogP contribution in [0.3, 0.4) is 0 Å². The molecule has 4 heteroatoms.